The molecule has 0 bridgehead atoms. The molecule has 152 valence electrons. The SMILES string of the molecule is O=C(Nc1ccc(C(=O)C2Nc3ccccc3Cn3ccnc32)cc1)c1ccccc1. The molecule has 5 rings (SSSR count). The van der Waals surface area contributed by atoms with E-state index < -0.39 is 6.04 Å². The van der Waals surface area contributed by atoms with Crippen LogP contribution >= 0.6 is 0 Å². The van der Waals surface area contributed by atoms with Crippen LogP contribution in [0.4, 0.5) is 11.4 Å². The summed E-state index contributed by atoms with van der Waals surface area (Å²) in [5.74, 6) is 0.413. The first-order valence-electron chi connectivity index (χ1n) is 10.1. The average molecular weight is 408 g/mol. The Kier molecular flexibility index (Phi) is 4.80. The monoisotopic (exact) mass is 408 g/mol. The van der Waals surface area contributed by atoms with E-state index in [0.717, 1.165) is 11.3 Å². The Morgan fingerprint density at radius 1 is 0.903 bits per heavy atom. The Labute approximate surface area is 179 Å². The average Bonchev–Trinajstić information content (AvgIpc) is 3.20. The number of para-hydroxylation sites is 1. The van der Waals surface area contributed by atoms with E-state index in [1.165, 1.54) is 0 Å². The second-order valence-electron chi connectivity index (χ2n) is 7.41. The van der Waals surface area contributed by atoms with Gasteiger partial charge in [0.15, 0.2) is 5.78 Å². The van der Waals surface area contributed by atoms with E-state index in [4.69, 9.17) is 0 Å². The van der Waals surface area contributed by atoms with E-state index in [-0.39, 0.29) is 11.7 Å². The summed E-state index contributed by atoms with van der Waals surface area (Å²) in [6.45, 7) is 0.659. The third kappa shape index (κ3) is 3.71. The van der Waals surface area contributed by atoms with Crippen LogP contribution in [0.25, 0.3) is 0 Å². The first kappa shape index (κ1) is 18.8. The molecule has 6 heteroatoms. The van der Waals surface area contributed by atoms with E-state index in [2.05, 4.69) is 15.6 Å². The van der Waals surface area contributed by atoms with Crippen molar-refractivity contribution >= 4 is 23.1 Å². The summed E-state index contributed by atoms with van der Waals surface area (Å²) in [4.78, 5) is 30.2. The molecule has 1 aliphatic rings. The van der Waals surface area contributed by atoms with E-state index in [1.807, 2.05) is 53.2 Å². The van der Waals surface area contributed by atoms with Gasteiger partial charge in [-0.25, -0.2) is 4.98 Å². The lowest BCUT2D eigenvalue weighted by Crippen LogP contribution is -2.23. The number of imidazole rings is 1. The number of nitrogens with zero attached hydrogens (tertiary/aromatic N) is 2. The van der Waals surface area contributed by atoms with Crippen LogP contribution in [0.2, 0.25) is 0 Å². The number of benzene rings is 3. The van der Waals surface area contributed by atoms with Crippen molar-refractivity contribution in [3.8, 4) is 0 Å². The van der Waals surface area contributed by atoms with Gasteiger partial charge in [0.25, 0.3) is 5.91 Å². The first-order chi connectivity index (χ1) is 15.2. The fourth-order valence-corrected chi connectivity index (χ4v) is 3.78. The molecule has 0 spiro atoms. The summed E-state index contributed by atoms with van der Waals surface area (Å²) in [5, 5.41) is 6.22. The number of carbonyl (C=O) groups excluding carboxylic acids is 2. The van der Waals surface area contributed by atoms with Crippen LogP contribution in [0.3, 0.4) is 0 Å². The highest BCUT2D eigenvalue weighted by molar-refractivity contribution is 6.05. The second-order valence-corrected chi connectivity index (χ2v) is 7.41. The summed E-state index contributed by atoms with van der Waals surface area (Å²) >= 11 is 0. The minimum Gasteiger partial charge on any atom is -0.369 e. The maximum Gasteiger partial charge on any atom is 0.255 e. The van der Waals surface area contributed by atoms with Gasteiger partial charge in [-0.3, -0.25) is 9.59 Å². The van der Waals surface area contributed by atoms with Crippen LogP contribution in [0.15, 0.2) is 91.3 Å². The number of Topliss-reactive ketones (excluding diaryl/α,β-unsaturated/α-hetero) is 1. The summed E-state index contributed by atoms with van der Waals surface area (Å²) < 4.78 is 2.00. The lowest BCUT2D eigenvalue weighted by Gasteiger charge is -2.17. The zero-order chi connectivity index (χ0) is 21.2. The largest absolute Gasteiger partial charge is 0.369 e. The summed E-state index contributed by atoms with van der Waals surface area (Å²) in [6, 6.07) is 23.3. The van der Waals surface area contributed by atoms with Crippen molar-refractivity contribution in [2.45, 2.75) is 12.6 Å². The Balaban J connectivity index is 1.38. The highest BCUT2D eigenvalue weighted by atomic mass is 16.1. The summed E-state index contributed by atoms with van der Waals surface area (Å²) in [7, 11) is 0. The standard InChI is InChI=1S/C25H20N4O2/c30-23(17-10-12-20(13-11-17)27-25(31)18-6-2-1-3-7-18)22-24-26-14-15-29(24)16-19-8-4-5-9-21(19)28-22/h1-15,22,28H,16H2,(H,27,31). The Hall–Kier alpha value is -4.19. The highest BCUT2D eigenvalue weighted by Crippen LogP contribution is 2.30. The Morgan fingerprint density at radius 3 is 2.45 bits per heavy atom. The molecule has 1 aromatic heterocycles. The molecule has 0 saturated heterocycles. The molecule has 1 atom stereocenters. The lowest BCUT2D eigenvalue weighted by atomic mass is 10.0. The maximum absolute atomic E-state index is 13.4. The number of hydrogen-bond donors (Lipinski definition) is 2. The van der Waals surface area contributed by atoms with Crippen LogP contribution in [-0.4, -0.2) is 21.2 Å². The van der Waals surface area contributed by atoms with Crippen molar-refractivity contribution in [1.82, 2.24) is 9.55 Å². The number of anilines is 2. The number of ketones is 1. The molecule has 4 aromatic rings. The molecule has 0 radical (unpaired) electrons. The molecule has 0 aliphatic carbocycles. The minimum atomic E-state index is -0.594. The van der Waals surface area contributed by atoms with Crippen molar-refractivity contribution < 1.29 is 9.59 Å². The van der Waals surface area contributed by atoms with Gasteiger partial charge >= 0.3 is 0 Å². The number of nitrogens with one attached hydrogen (secondary N) is 2. The lowest BCUT2D eigenvalue weighted by molar-refractivity contribution is 0.0965. The first-order valence-corrected chi connectivity index (χ1v) is 10.1. The van der Waals surface area contributed by atoms with Crippen LogP contribution in [0.1, 0.15) is 38.1 Å². The van der Waals surface area contributed by atoms with Crippen molar-refractivity contribution in [1.29, 1.82) is 0 Å². The zero-order valence-electron chi connectivity index (χ0n) is 16.7. The van der Waals surface area contributed by atoms with Crippen LogP contribution in [-0.2, 0) is 6.54 Å². The fourth-order valence-electron chi connectivity index (χ4n) is 3.78. The molecular formula is C25H20N4O2. The highest BCUT2D eigenvalue weighted by Gasteiger charge is 2.29. The topological polar surface area (TPSA) is 76.0 Å². The molecular weight excluding hydrogens is 388 g/mol. The van der Waals surface area contributed by atoms with E-state index in [0.29, 0.717) is 29.2 Å². The van der Waals surface area contributed by atoms with Crippen molar-refractivity contribution in [3.05, 3.63) is 114 Å². The zero-order valence-corrected chi connectivity index (χ0v) is 16.7. The predicted octanol–water partition coefficient (Wildman–Crippen LogP) is 4.53. The maximum atomic E-state index is 13.4. The van der Waals surface area contributed by atoms with Crippen molar-refractivity contribution in [3.63, 3.8) is 0 Å². The normalized spacial score (nSPS) is 14.5. The Bertz CT molecular complexity index is 1250. The quantitative estimate of drug-likeness (QED) is 0.487. The van der Waals surface area contributed by atoms with Gasteiger partial charge in [-0.2, -0.15) is 0 Å². The number of carbonyl (C=O) groups is 2. The van der Waals surface area contributed by atoms with Gasteiger partial charge in [0, 0.05) is 34.9 Å². The molecule has 1 aliphatic heterocycles. The Morgan fingerprint density at radius 2 is 1.65 bits per heavy atom. The number of amides is 1. The second kappa shape index (κ2) is 7.91. The number of aromatic nitrogens is 2. The third-order valence-corrected chi connectivity index (χ3v) is 5.39. The van der Waals surface area contributed by atoms with Gasteiger partial charge in [-0.1, -0.05) is 36.4 Å². The van der Waals surface area contributed by atoms with Gasteiger partial charge in [0.05, 0.1) is 6.54 Å². The smallest absolute Gasteiger partial charge is 0.255 e. The molecule has 0 saturated carbocycles. The number of fused-ring (bicyclic) bond motifs is 2. The molecule has 0 fully saturated rings. The van der Waals surface area contributed by atoms with Gasteiger partial charge in [0.2, 0.25) is 0 Å². The molecule has 2 N–H and O–H groups in total. The van der Waals surface area contributed by atoms with Gasteiger partial charge in [-0.05, 0) is 48.0 Å². The number of rotatable bonds is 4. The summed E-state index contributed by atoms with van der Waals surface area (Å²) in [6.07, 6.45) is 3.61. The molecule has 1 unspecified atom stereocenters. The van der Waals surface area contributed by atoms with Crippen LogP contribution in [0, 0.1) is 0 Å². The van der Waals surface area contributed by atoms with Crippen molar-refractivity contribution in [2.24, 2.45) is 0 Å². The fraction of sp³-hybridized carbons (Fsp3) is 0.0800. The van der Waals surface area contributed by atoms with E-state index >= 15 is 0 Å². The third-order valence-electron chi connectivity index (χ3n) is 5.39. The molecule has 2 heterocycles. The number of hydrogen-bond acceptors (Lipinski definition) is 4. The van der Waals surface area contributed by atoms with Crippen LogP contribution in [0.5, 0.6) is 0 Å². The molecule has 6 nitrogen and oxygen atoms in total. The molecule has 1 amide bonds. The van der Waals surface area contributed by atoms with Gasteiger partial charge in [-0.15, -0.1) is 0 Å². The van der Waals surface area contributed by atoms with E-state index in [9.17, 15) is 9.59 Å². The van der Waals surface area contributed by atoms with Crippen molar-refractivity contribution in [2.75, 3.05) is 10.6 Å². The molecule has 3 aromatic carbocycles. The minimum absolute atomic E-state index is 0.0786. The molecule has 31 heavy (non-hydrogen) atoms. The van der Waals surface area contributed by atoms with Crippen LogP contribution < -0.4 is 10.6 Å². The van der Waals surface area contributed by atoms with Gasteiger partial charge < -0.3 is 15.2 Å². The predicted molar refractivity (Wildman–Crippen MR) is 119 cm³/mol. The van der Waals surface area contributed by atoms with E-state index in [1.54, 1.807) is 42.6 Å². The van der Waals surface area contributed by atoms with Gasteiger partial charge in [0.1, 0.15) is 11.9 Å². The summed E-state index contributed by atoms with van der Waals surface area (Å²) in [5.41, 5.74) is 3.79.